The van der Waals surface area contributed by atoms with Gasteiger partial charge in [-0.2, -0.15) is 0 Å². The fraction of sp³-hybridized carbons (Fsp3) is 0.364. The number of phenolic OH excluding ortho intramolecular Hbond substituents is 1. The van der Waals surface area contributed by atoms with Crippen molar-refractivity contribution in [2.24, 2.45) is 0 Å². The second-order valence-corrected chi connectivity index (χ2v) is 3.42. The molecule has 0 aliphatic heterocycles. The summed E-state index contributed by atoms with van der Waals surface area (Å²) in [5.74, 6) is -2.05. The molecule has 0 saturated carbocycles. The van der Waals surface area contributed by atoms with Crippen LogP contribution in [-0.4, -0.2) is 36.4 Å². The summed E-state index contributed by atoms with van der Waals surface area (Å²) in [6, 6.07) is 2.01. The van der Waals surface area contributed by atoms with Gasteiger partial charge in [0, 0.05) is 19.2 Å². The molecule has 1 rings (SSSR count). The normalized spacial score (nSPS) is 12.4. The highest BCUT2D eigenvalue weighted by atomic mass is 19.1. The maximum absolute atomic E-state index is 13.0. The first-order valence-corrected chi connectivity index (χ1v) is 4.99. The Hall–Kier alpha value is -1.66. The summed E-state index contributed by atoms with van der Waals surface area (Å²) in [4.78, 5) is 11.0. The molecule has 1 atom stereocenters. The summed E-state index contributed by atoms with van der Waals surface area (Å²) in [6.45, 7) is 0.600. The van der Waals surface area contributed by atoms with Gasteiger partial charge in [0.15, 0.2) is 0 Å². The fourth-order valence-corrected chi connectivity index (χ4v) is 1.39. The number of carboxylic acids is 1. The zero-order valence-electron chi connectivity index (χ0n) is 9.31. The minimum Gasteiger partial charge on any atom is -0.508 e. The standard InChI is InChI=1S/C11H14FNO4/c1-17-5-4-13-10(11(15)16)8-6-7(12)2-3-9(8)14/h2-3,6,10,13-14H,4-5H2,1H3,(H,15,16). The van der Waals surface area contributed by atoms with Crippen LogP contribution in [-0.2, 0) is 9.53 Å². The predicted octanol–water partition coefficient (Wildman–Crippen LogP) is 0.893. The number of halogens is 1. The van der Waals surface area contributed by atoms with Crippen LogP contribution in [0.1, 0.15) is 11.6 Å². The van der Waals surface area contributed by atoms with Crippen LogP contribution >= 0.6 is 0 Å². The van der Waals surface area contributed by atoms with E-state index < -0.39 is 17.8 Å². The zero-order chi connectivity index (χ0) is 12.8. The van der Waals surface area contributed by atoms with Crippen molar-refractivity contribution in [3.8, 4) is 5.75 Å². The molecule has 0 heterocycles. The SMILES string of the molecule is COCCNC(C(=O)O)c1cc(F)ccc1O. The summed E-state index contributed by atoms with van der Waals surface area (Å²) in [5, 5.41) is 21.2. The lowest BCUT2D eigenvalue weighted by atomic mass is 10.1. The van der Waals surface area contributed by atoms with Gasteiger partial charge in [-0.25, -0.2) is 4.39 Å². The summed E-state index contributed by atoms with van der Waals surface area (Å²) in [5.41, 5.74) is -0.00592. The molecule has 0 radical (unpaired) electrons. The number of rotatable bonds is 6. The molecular formula is C11H14FNO4. The molecule has 0 aliphatic carbocycles. The van der Waals surface area contributed by atoms with Crippen molar-refractivity contribution in [3.63, 3.8) is 0 Å². The van der Waals surface area contributed by atoms with Crippen molar-refractivity contribution in [2.45, 2.75) is 6.04 Å². The number of phenols is 1. The third kappa shape index (κ3) is 3.69. The number of nitrogens with one attached hydrogen (secondary N) is 1. The van der Waals surface area contributed by atoms with Gasteiger partial charge in [-0.05, 0) is 18.2 Å². The Balaban J connectivity index is 2.89. The van der Waals surface area contributed by atoms with Gasteiger partial charge >= 0.3 is 5.97 Å². The molecule has 6 heteroatoms. The summed E-state index contributed by atoms with van der Waals surface area (Å²) in [7, 11) is 1.48. The Morgan fingerprint density at radius 3 is 2.88 bits per heavy atom. The van der Waals surface area contributed by atoms with Gasteiger partial charge in [0.1, 0.15) is 17.6 Å². The Morgan fingerprint density at radius 2 is 2.29 bits per heavy atom. The largest absolute Gasteiger partial charge is 0.508 e. The van der Waals surface area contributed by atoms with Crippen LogP contribution in [0, 0.1) is 5.82 Å². The van der Waals surface area contributed by atoms with Crippen molar-refractivity contribution in [3.05, 3.63) is 29.6 Å². The van der Waals surface area contributed by atoms with Crippen LogP contribution < -0.4 is 5.32 Å². The quantitative estimate of drug-likeness (QED) is 0.647. The Kier molecular flexibility index (Phi) is 4.86. The van der Waals surface area contributed by atoms with Gasteiger partial charge in [-0.15, -0.1) is 0 Å². The molecule has 3 N–H and O–H groups in total. The van der Waals surface area contributed by atoms with Crippen LogP contribution in [0.5, 0.6) is 5.75 Å². The number of methoxy groups -OCH3 is 1. The molecule has 5 nitrogen and oxygen atoms in total. The third-order valence-electron chi connectivity index (χ3n) is 2.20. The summed E-state index contributed by atoms with van der Waals surface area (Å²) < 4.78 is 17.8. The number of carbonyl (C=O) groups is 1. The molecule has 17 heavy (non-hydrogen) atoms. The van der Waals surface area contributed by atoms with E-state index in [1.165, 1.54) is 7.11 Å². The van der Waals surface area contributed by atoms with Crippen molar-refractivity contribution in [1.82, 2.24) is 5.32 Å². The molecular weight excluding hydrogens is 229 g/mol. The lowest BCUT2D eigenvalue weighted by Crippen LogP contribution is -2.31. The minimum atomic E-state index is -1.19. The van der Waals surface area contributed by atoms with Crippen LogP contribution in [0.2, 0.25) is 0 Å². The molecule has 0 saturated heterocycles. The van der Waals surface area contributed by atoms with E-state index >= 15 is 0 Å². The Morgan fingerprint density at radius 1 is 1.59 bits per heavy atom. The van der Waals surface area contributed by atoms with Crippen molar-refractivity contribution < 1.29 is 24.1 Å². The van der Waals surface area contributed by atoms with E-state index in [-0.39, 0.29) is 17.9 Å². The lowest BCUT2D eigenvalue weighted by molar-refractivity contribution is -0.139. The van der Waals surface area contributed by atoms with Gasteiger partial charge in [0.25, 0.3) is 0 Å². The molecule has 1 unspecified atom stereocenters. The number of aliphatic carboxylic acids is 1. The smallest absolute Gasteiger partial charge is 0.325 e. The van der Waals surface area contributed by atoms with Crippen LogP contribution in [0.4, 0.5) is 4.39 Å². The molecule has 1 aromatic rings. The average molecular weight is 243 g/mol. The fourth-order valence-electron chi connectivity index (χ4n) is 1.39. The third-order valence-corrected chi connectivity index (χ3v) is 2.20. The Labute approximate surface area is 97.8 Å². The van der Waals surface area contributed by atoms with Gasteiger partial charge in [-0.3, -0.25) is 10.1 Å². The van der Waals surface area contributed by atoms with E-state index in [0.717, 1.165) is 18.2 Å². The highest BCUT2D eigenvalue weighted by molar-refractivity contribution is 5.76. The summed E-state index contributed by atoms with van der Waals surface area (Å²) in [6.07, 6.45) is 0. The number of aromatic hydroxyl groups is 1. The molecule has 0 aliphatic rings. The second-order valence-electron chi connectivity index (χ2n) is 3.42. The number of benzene rings is 1. The molecule has 94 valence electrons. The van der Waals surface area contributed by atoms with Gasteiger partial charge in [0.2, 0.25) is 0 Å². The van der Waals surface area contributed by atoms with Gasteiger partial charge in [-0.1, -0.05) is 0 Å². The predicted molar refractivity (Wildman–Crippen MR) is 58.3 cm³/mol. The van der Waals surface area contributed by atoms with E-state index in [0.29, 0.717) is 6.61 Å². The monoisotopic (exact) mass is 243 g/mol. The molecule has 1 aromatic carbocycles. The van der Waals surface area contributed by atoms with E-state index in [1.54, 1.807) is 0 Å². The van der Waals surface area contributed by atoms with Crippen molar-refractivity contribution in [1.29, 1.82) is 0 Å². The first-order chi connectivity index (χ1) is 8.06. The molecule has 0 spiro atoms. The first-order valence-electron chi connectivity index (χ1n) is 4.99. The van der Waals surface area contributed by atoms with Gasteiger partial charge < -0.3 is 14.9 Å². The molecule has 0 aromatic heterocycles. The maximum atomic E-state index is 13.0. The van der Waals surface area contributed by atoms with Crippen molar-refractivity contribution >= 4 is 5.97 Å². The lowest BCUT2D eigenvalue weighted by Gasteiger charge is -2.15. The van der Waals surface area contributed by atoms with Gasteiger partial charge in [0.05, 0.1) is 6.61 Å². The van der Waals surface area contributed by atoms with E-state index in [1.807, 2.05) is 0 Å². The number of ether oxygens (including phenoxy) is 1. The van der Waals surface area contributed by atoms with E-state index in [9.17, 15) is 14.3 Å². The second kappa shape index (κ2) is 6.17. The van der Waals surface area contributed by atoms with E-state index in [2.05, 4.69) is 5.32 Å². The average Bonchev–Trinajstić information content (AvgIpc) is 2.28. The van der Waals surface area contributed by atoms with Crippen LogP contribution in [0.15, 0.2) is 18.2 Å². The number of carboxylic acid groups (broad SMARTS) is 1. The van der Waals surface area contributed by atoms with Crippen molar-refractivity contribution in [2.75, 3.05) is 20.3 Å². The van der Waals surface area contributed by atoms with Crippen LogP contribution in [0.3, 0.4) is 0 Å². The topological polar surface area (TPSA) is 78.8 Å². The van der Waals surface area contributed by atoms with Crippen LogP contribution in [0.25, 0.3) is 0 Å². The van der Waals surface area contributed by atoms with E-state index in [4.69, 9.17) is 9.84 Å². The molecule has 0 bridgehead atoms. The number of hydrogen-bond donors (Lipinski definition) is 3. The summed E-state index contributed by atoms with van der Waals surface area (Å²) >= 11 is 0. The maximum Gasteiger partial charge on any atom is 0.325 e. The molecule has 0 fully saturated rings. The molecule has 0 amide bonds. The zero-order valence-corrected chi connectivity index (χ0v) is 9.31. The minimum absolute atomic E-state index is 0.00592. The number of hydrogen-bond acceptors (Lipinski definition) is 4. The highest BCUT2D eigenvalue weighted by Gasteiger charge is 2.22. The highest BCUT2D eigenvalue weighted by Crippen LogP contribution is 2.25. The Bertz CT molecular complexity index is 397. The first kappa shape index (κ1) is 13.4.